The molecule has 0 saturated carbocycles. The highest BCUT2D eigenvalue weighted by Crippen LogP contribution is 2.38. The monoisotopic (exact) mass is 349 g/mol. The van der Waals surface area contributed by atoms with E-state index in [1.165, 1.54) is 4.68 Å². The third-order valence-corrected chi connectivity index (χ3v) is 3.94. The van der Waals surface area contributed by atoms with E-state index in [0.717, 1.165) is 6.07 Å². The summed E-state index contributed by atoms with van der Waals surface area (Å²) in [5, 5.41) is 4.25. The minimum Gasteiger partial charge on any atom is -0.494 e. The second-order valence-electron chi connectivity index (χ2n) is 5.61. The van der Waals surface area contributed by atoms with Gasteiger partial charge in [0.2, 0.25) is 0 Å². The summed E-state index contributed by atoms with van der Waals surface area (Å²) in [6.45, 7) is 6.23. The second kappa shape index (κ2) is 6.38. The smallest absolute Gasteiger partial charge is 0.417 e. The number of halogens is 3. The van der Waals surface area contributed by atoms with Crippen LogP contribution in [0.15, 0.2) is 30.3 Å². The summed E-state index contributed by atoms with van der Waals surface area (Å²) < 4.78 is 47.6. The number of pyridine rings is 1. The molecule has 0 saturated heterocycles. The Labute approximate surface area is 143 Å². The number of hydrogen-bond acceptors (Lipinski definition) is 3. The quantitative estimate of drug-likeness (QED) is 0.676. The molecular weight excluding hydrogens is 331 g/mol. The number of ether oxygens (including phenoxy) is 1. The van der Waals surface area contributed by atoms with Gasteiger partial charge in [-0.2, -0.15) is 18.3 Å². The number of benzene rings is 1. The zero-order valence-electron chi connectivity index (χ0n) is 14.2. The Balaban J connectivity index is 2.22. The lowest BCUT2D eigenvalue weighted by Crippen LogP contribution is -2.08. The summed E-state index contributed by atoms with van der Waals surface area (Å²) >= 11 is 0. The van der Waals surface area contributed by atoms with Crippen LogP contribution in [0.3, 0.4) is 0 Å². The fourth-order valence-corrected chi connectivity index (χ4v) is 2.83. The van der Waals surface area contributed by atoms with Crippen LogP contribution in [0.5, 0.6) is 5.75 Å². The number of fused-ring (bicyclic) bond motifs is 1. The normalized spacial score (nSPS) is 11.9. The Bertz CT molecular complexity index is 899. The van der Waals surface area contributed by atoms with Crippen LogP contribution in [0, 0.1) is 6.92 Å². The van der Waals surface area contributed by atoms with E-state index in [2.05, 4.69) is 10.1 Å². The topological polar surface area (TPSA) is 39.9 Å². The third-order valence-electron chi connectivity index (χ3n) is 3.94. The molecule has 0 unspecified atom stereocenters. The molecule has 1 aromatic carbocycles. The maximum absolute atomic E-state index is 13.6. The lowest BCUT2D eigenvalue weighted by Gasteiger charge is -2.12. The van der Waals surface area contributed by atoms with Gasteiger partial charge in [0.05, 0.1) is 28.9 Å². The van der Waals surface area contributed by atoms with Crippen LogP contribution >= 0.6 is 0 Å². The van der Waals surface area contributed by atoms with Crippen molar-refractivity contribution in [1.82, 2.24) is 14.8 Å². The summed E-state index contributed by atoms with van der Waals surface area (Å²) in [6, 6.07) is 7.95. The molecule has 2 aromatic heterocycles. The first-order valence-electron chi connectivity index (χ1n) is 8.03. The van der Waals surface area contributed by atoms with Gasteiger partial charge in [-0.3, -0.25) is 0 Å². The average molecular weight is 349 g/mol. The van der Waals surface area contributed by atoms with Gasteiger partial charge in [0.15, 0.2) is 5.65 Å². The summed E-state index contributed by atoms with van der Waals surface area (Å²) in [6.07, 6.45) is -4.48. The molecule has 4 nitrogen and oxygen atoms in total. The highest BCUT2D eigenvalue weighted by Gasteiger charge is 2.35. The Morgan fingerprint density at radius 2 is 1.80 bits per heavy atom. The lowest BCUT2D eigenvalue weighted by molar-refractivity contribution is -0.136. The molecule has 132 valence electrons. The molecule has 3 rings (SSSR count). The molecule has 25 heavy (non-hydrogen) atoms. The molecule has 0 atom stereocenters. The van der Waals surface area contributed by atoms with Gasteiger partial charge in [0.25, 0.3) is 0 Å². The van der Waals surface area contributed by atoms with Crippen molar-refractivity contribution in [2.24, 2.45) is 0 Å². The van der Waals surface area contributed by atoms with Crippen molar-refractivity contribution in [3.8, 4) is 17.0 Å². The first-order chi connectivity index (χ1) is 11.8. The van der Waals surface area contributed by atoms with Crippen LogP contribution in [0.25, 0.3) is 22.3 Å². The van der Waals surface area contributed by atoms with Crippen LogP contribution in [-0.4, -0.2) is 21.4 Å². The Hall–Kier alpha value is -2.57. The lowest BCUT2D eigenvalue weighted by atomic mass is 10.1. The van der Waals surface area contributed by atoms with Crippen molar-refractivity contribution < 1.29 is 17.9 Å². The molecule has 0 N–H and O–H groups in total. The van der Waals surface area contributed by atoms with Crippen LogP contribution in [0.4, 0.5) is 13.2 Å². The standard InChI is InChI=1S/C18H18F3N3O/c1-4-24-17-16(11(3)23-24)14(18(19,20)21)10-15(22-17)12-6-8-13(9-7-12)25-5-2/h6-10H,4-5H2,1-3H3. The third kappa shape index (κ3) is 3.18. The fraction of sp³-hybridized carbons (Fsp3) is 0.333. The van der Waals surface area contributed by atoms with E-state index >= 15 is 0 Å². The van der Waals surface area contributed by atoms with Gasteiger partial charge in [0.1, 0.15) is 5.75 Å². The van der Waals surface area contributed by atoms with Gasteiger partial charge >= 0.3 is 6.18 Å². The van der Waals surface area contributed by atoms with Crippen molar-refractivity contribution in [3.63, 3.8) is 0 Å². The molecule has 0 fully saturated rings. The fourth-order valence-electron chi connectivity index (χ4n) is 2.83. The summed E-state index contributed by atoms with van der Waals surface area (Å²) in [7, 11) is 0. The van der Waals surface area contributed by atoms with Gasteiger partial charge in [-0.15, -0.1) is 0 Å². The number of aryl methyl sites for hydroxylation is 2. The van der Waals surface area contributed by atoms with Crippen LogP contribution < -0.4 is 4.74 Å². The average Bonchev–Trinajstić information content (AvgIpc) is 2.90. The van der Waals surface area contributed by atoms with E-state index in [1.54, 1.807) is 31.2 Å². The van der Waals surface area contributed by atoms with Crippen molar-refractivity contribution >= 4 is 11.0 Å². The highest BCUT2D eigenvalue weighted by molar-refractivity contribution is 5.85. The SMILES string of the molecule is CCOc1ccc(-c2cc(C(F)(F)F)c3c(C)nn(CC)c3n2)cc1. The maximum Gasteiger partial charge on any atom is 0.417 e. The maximum atomic E-state index is 13.6. The Kier molecular flexibility index (Phi) is 4.41. The van der Waals surface area contributed by atoms with Gasteiger partial charge in [-0.05, 0) is 51.1 Å². The van der Waals surface area contributed by atoms with E-state index in [4.69, 9.17) is 4.74 Å². The van der Waals surface area contributed by atoms with E-state index in [1.807, 2.05) is 13.8 Å². The Morgan fingerprint density at radius 1 is 1.12 bits per heavy atom. The molecule has 0 aliphatic rings. The molecule has 2 heterocycles. The van der Waals surface area contributed by atoms with E-state index in [9.17, 15) is 13.2 Å². The number of hydrogen-bond donors (Lipinski definition) is 0. The minimum absolute atomic E-state index is 0.0593. The number of rotatable bonds is 4. The first kappa shape index (κ1) is 17.3. The van der Waals surface area contributed by atoms with Gasteiger partial charge in [-0.25, -0.2) is 9.67 Å². The van der Waals surface area contributed by atoms with Gasteiger partial charge in [0, 0.05) is 12.1 Å². The molecule has 0 aliphatic heterocycles. The number of aromatic nitrogens is 3. The van der Waals surface area contributed by atoms with E-state index in [0.29, 0.717) is 30.2 Å². The largest absolute Gasteiger partial charge is 0.494 e. The summed E-state index contributed by atoms with van der Waals surface area (Å²) in [5.41, 5.74) is 0.724. The summed E-state index contributed by atoms with van der Waals surface area (Å²) in [4.78, 5) is 4.45. The zero-order valence-corrected chi connectivity index (χ0v) is 14.2. The molecular formula is C18H18F3N3O. The number of nitrogens with zero attached hydrogens (tertiary/aromatic N) is 3. The summed E-state index contributed by atoms with van der Waals surface area (Å²) in [5.74, 6) is 0.665. The van der Waals surface area contributed by atoms with Crippen molar-refractivity contribution in [2.75, 3.05) is 6.61 Å². The van der Waals surface area contributed by atoms with Crippen molar-refractivity contribution in [2.45, 2.75) is 33.5 Å². The molecule has 0 amide bonds. The second-order valence-corrected chi connectivity index (χ2v) is 5.61. The molecule has 0 aliphatic carbocycles. The zero-order chi connectivity index (χ0) is 18.2. The first-order valence-corrected chi connectivity index (χ1v) is 8.03. The van der Waals surface area contributed by atoms with Crippen LogP contribution in [-0.2, 0) is 12.7 Å². The number of alkyl halides is 3. The molecule has 0 spiro atoms. The minimum atomic E-state index is -4.48. The van der Waals surface area contributed by atoms with Gasteiger partial charge < -0.3 is 4.74 Å². The van der Waals surface area contributed by atoms with Crippen LogP contribution in [0.2, 0.25) is 0 Å². The molecule has 0 bridgehead atoms. The van der Waals surface area contributed by atoms with Crippen molar-refractivity contribution in [1.29, 1.82) is 0 Å². The van der Waals surface area contributed by atoms with Crippen LogP contribution in [0.1, 0.15) is 25.1 Å². The Morgan fingerprint density at radius 3 is 2.36 bits per heavy atom. The molecule has 3 aromatic rings. The molecule has 7 heteroatoms. The predicted octanol–water partition coefficient (Wildman–Crippen LogP) is 4.84. The predicted molar refractivity (Wildman–Crippen MR) is 89.5 cm³/mol. The van der Waals surface area contributed by atoms with Gasteiger partial charge in [-0.1, -0.05) is 0 Å². The molecule has 0 radical (unpaired) electrons. The van der Waals surface area contributed by atoms with E-state index in [-0.39, 0.29) is 16.7 Å². The van der Waals surface area contributed by atoms with Crippen molar-refractivity contribution in [3.05, 3.63) is 41.6 Å². The van der Waals surface area contributed by atoms with E-state index < -0.39 is 11.7 Å². The highest BCUT2D eigenvalue weighted by atomic mass is 19.4.